The number of phenols is 1. The minimum atomic E-state index is -0.478. The Morgan fingerprint density at radius 3 is 2.65 bits per heavy atom. The number of aromatic hydroxyl groups is 1. The van der Waals surface area contributed by atoms with Crippen molar-refractivity contribution in [2.45, 2.75) is 0 Å². The molecule has 0 amide bonds. The molecule has 0 aliphatic carbocycles. The molecule has 1 aliphatic rings. The van der Waals surface area contributed by atoms with Gasteiger partial charge in [-0.15, -0.1) is 0 Å². The number of rotatable bonds is 1. The molecule has 1 N–H and O–H groups in total. The second-order valence-electron chi connectivity index (χ2n) is 5.51. The van der Waals surface area contributed by atoms with Gasteiger partial charge in [-0.2, -0.15) is 0 Å². The molecule has 5 nitrogen and oxygen atoms in total. The lowest BCUT2D eigenvalue weighted by atomic mass is 10.1. The van der Waals surface area contributed by atoms with Crippen molar-refractivity contribution in [1.82, 2.24) is 0 Å². The molecule has 23 heavy (non-hydrogen) atoms. The second-order valence-corrected chi connectivity index (χ2v) is 5.51. The van der Waals surface area contributed by atoms with Gasteiger partial charge in [0.15, 0.2) is 0 Å². The zero-order chi connectivity index (χ0) is 16.0. The van der Waals surface area contributed by atoms with E-state index in [1.54, 1.807) is 12.1 Å². The van der Waals surface area contributed by atoms with Crippen LogP contribution in [0.3, 0.4) is 0 Å². The Morgan fingerprint density at radius 1 is 1.09 bits per heavy atom. The molecule has 118 valence electrons. The zero-order valence-corrected chi connectivity index (χ0v) is 12.2. The summed E-state index contributed by atoms with van der Waals surface area (Å²) >= 11 is 0. The van der Waals surface area contributed by atoms with E-state index in [0.717, 1.165) is 5.69 Å². The first-order valence-corrected chi connectivity index (χ1v) is 7.35. The highest BCUT2D eigenvalue weighted by Crippen LogP contribution is 2.31. The maximum atomic E-state index is 13.4. The summed E-state index contributed by atoms with van der Waals surface area (Å²) in [5, 5.41) is 10.6. The Labute approximate surface area is 130 Å². The summed E-state index contributed by atoms with van der Waals surface area (Å²) in [4.78, 5) is 14.6. The third-order valence-corrected chi connectivity index (χ3v) is 4.08. The maximum absolute atomic E-state index is 13.4. The molecule has 1 fully saturated rings. The Morgan fingerprint density at radius 2 is 1.87 bits per heavy atom. The third-order valence-electron chi connectivity index (χ3n) is 4.08. The van der Waals surface area contributed by atoms with E-state index < -0.39 is 5.82 Å². The van der Waals surface area contributed by atoms with Gasteiger partial charge in [-0.3, -0.25) is 4.79 Å². The predicted octanol–water partition coefficient (Wildman–Crippen LogP) is 2.63. The molecule has 1 aliphatic heterocycles. The molecule has 0 saturated carbocycles. The van der Waals surface area contributed by atoms with Crippen molar-refractivity contribution in [2.75, 3.05) is 31.2 Å². The van der Waals surface area contributed by atoms with Crippen molar-refractivity contribution in [2.24, 2.45) is 0 Å². The Hall–Kier alpha value is -2.60. The van der Waals surface area contributed by atoms with Gasteiger partial charge in [-0.05, 0) is 12.1 Å². The van der Waals surface area contributed by atoms with Gasteiger partial charge in [0.2, 0.25) is 5.43 Å². The van der Waals surface area contributed by atoms with Crippen LogP contribution < -0.4 is 10.3 Å². The van der Waals surface area contributed by atoms with Crippen LogP contribution in [0.5, 0.6) is 5.75 Å². The highest BCUT2D eigenvalue weighted by molar-refractivity contribution is 5.94. The van der Waals surface area contributed by atoms with Gasteiger partial charge in [0.25, 0.3) is 0 Å². The summed E-state index contributed by atoms with van der Waals surface area (Å²) in [7, 11) is 0. The molecule has 4 rings (SSSR count). The number of ether oxygens (including phenoxy) is 1. The standard InChI is InChI=1S/C17H14FNO4/c18-10-1-2-12-14(7-10)23-15-9-11(19-3-5-22-6-4-19)8-13(20)16(15)17(12)21/h1-2,7-9,20H,3-6H2. The van der Waals surface area contributed by atoms with Crippen LogP contribution in [0, 0.1) is 5.82 Å². The van der Waals surface area contributed by atoms with Crippen LogP contribution in [0.4, 0.5) is 10.1 Å². The van der Waals surface area contributed by atoms with Crippen molar-refractivity contribution in [3.8, 4) is 5.75 Å². The SMILES string of the molecule is O=c1c2ccc(F)cc2oc2cc(N3CCOCC3)cc(O)c12. The molecule has 3 aromatic rings. The van der Waals surface area contributed by atoms with Gasteiger partial charge < -0.3 is 19.2 Å². The van der Waals surface area contributed by atoms with E-state index >= 15 is 0 Å². The van der Waals surface area contributed by atoms with Crippen molar-refractivity contribution in [3.63, 3.8) is 0 Å². The van der Waals surface area contributed by atoms with Gasteiger partial charge in [-0.25, -0.2) is 4.39 Å². The summed E-state index contributed by atoms with van der Waals surface area (Å²) in [6, 6.07) is 7.00. The average Bonchev–Trinajstić information content (AvgIpc) is 2.55. The monoisotopic (exact) mass is 315 g/mol. The Kier molecular flexibility index (Phi) is 3.20. The smallest absolute Gasteiger partial charge is 0.204 e. The van der Waals surface area contributed by atoms with Crippen LogP contribution in [0.15, 0.2) is 39.5 Å². The Bertz CT molecular complexity index is 960. The van der Waals surface area contributed by atoms with Gasteiger partial charge in [0.05, 0.1) is 18.6 Å². The fraction of sp³-hybridized carbons (Fsp3) is 0.235. The molecule has 0 spiro atoms. The van der Waals surface area contributed by atoms with E-state index in [0.29, 0.717) is 26.3 Å². The normalized spacial score (nSPS) is 15.4. The lowest BCUT2D eigenvalue weighted by Gasteiger charge is -2.29. The highest BCUT2D eigenvalue weighted by atomic mass is 19.1. The van der Waals surface area contributed by atoms with Gasteiger partial charge in [0, 0.05) is 37.0 Å². The minimum Gasteiger partial charge on any atom is -0.507 e. The van der Waals surface area contributed by atoms with Crippen LogP contribution >= 0.6 is 0 Å². The van der Waals surface area contributed by atoms with Gasteiger partial charge >= 0.3 is 0 Å². The fourth-order valence-electron chi connectivity index (χ4n) is 2.92. The molecule has 0 atom stereocenters. The van der Waals surface area contributed by atoms with E-state index in [1.807, 2.05) is 4.90 Å². The molecule has 1 saturated heterocycles. The molecular weight excluding hydrogens is 301 g/mol. The number of anilines is 1. The largest absolute Gasteiger partial charge is 0.507 e. The molecule has 0 radical (unpaired) electrons. The van der Waals surface area contributed by atoms with Crippen LogP contribution in [0.1, 0.15) is 0 Å². The van der Waals surface area contributed by atoms with Crippen molar-refractivity contribution in [1.29, 1.82) is 0 Å². The summed E-state index contributed by atoms with van der Waals surface area (Å²) < 4.78 is 24.4. The minimum absolute atomic E-state index is 0.112. The number of morpholine rings is 1. The maximum Gasteiger partial charge on any atom is 0.204 e. The molecule has 0 unspecified atom stereocenters. The number of halogens is 1. The number of phenolic OH excluding ortho intramolecular Hbond substituents is 1. The molecule has 1 aromatic heterocycles. The number of hydrogen-bond acceptors (Lipinski definition) is 5. The van der Waals surface area contributed by atoms with E-state index in [9.17, 15) is 14.3 Å². The van der Waals surface area contributed by atoms with Crippen LogP contribution in [0.25, 0.3) is 21.9 Å². The van der Waals surface area contributed by atoms with E-state index in [4.69, 9.17) is 9.15 Å². The zero-order valence-electron chi connectivity index (χ0n) is 12.2. The quantitative estimate of drug-likeness (QED) is 0.699. The molecule has 6 heteroatoms. The highest BCUT2D eigenvalue weighted by Gasteiger charge is 2.17. The molecule has 2 heterocycles. The first-order chi connectivity index (χ1) is 11.1. The summed E-state index contributed by atoms with van der Waals surface area (Å²) in [6.07, 6.45) is 0. The van der Waals surface area contributed by atoms with Crippen molar-refractivity contribution in [3.05, 3.63) is 46.4 Å². The number of fused-ring (bicyclic) bond motifs is 2. The van der Waals surface area contributed by atoms with Crippen LogP contribution in [-0.4, -0.2) is 31.4 Å². The topological polar surface area (TPSA) is 62.9 Å². The van der Waals surface area contributed by atoms with E-state index in [-0.39, 0.29) is 33.1 Å². The van der Waals surface area contributed by atoms with Gasteiger partial charge in [-0.1, -0.05) is 0 Å². The average molecular weight is 315 g/mol. The molecule has 2 aromatic carbocycles. The molecular formula is C17H14FNO4. The first kappa shape index (κ1) is 14.0. The number of hydrogen-bond donors (Lipinski definition) is 1. The number of benzene rings is 2. The Balaban J connectivity index is 1.97. The van der Waals surface area contributed by atoms with Crippen LogP contribution in [-0.2, 0) is 4.74 Å². The lowest BCUT2D eigenvalue weighted by molar-refractivity contribution is 0.122. The first-order valence-electron chi connectivity index (χ1n) is 7.35. The predicted molar refractivity (Wildman–Crippen MR) is 84.6 cm³/mol. The summed E-state index contributed by atoms with van der Waals surface area (Å²) in [5.41, 5.74) is 0.792. The van der Waals surface area contributed by atoms with Gasteiger partial charge in [0.1, 0.15) is 28.1 Å². The third kappa shape index (κ3) is 2.31. The fourth-order valence-corrected chi connectivity index (χ4v) is 2.92. The van der Waals surface area contributed by atoms with E-state index in [2.05, 4.69) is 0 Å². The second kappa shape index (κ2) is 5.24. The summed E-state index contributed by atoms with van der Waals surface area (Å²) in [5.74, 6) is -0.613. The van der Waals surface area contributed by atoms with Crippen molar-refractivity contribution >= 4 is 27.6 Å². The number of nitrogens with zero attached hydrogens (tertiary/aromatic N) is 1. The van der Waals surface area contributed by atoms with E-state index in [1.165, 1.54) is 18.2 Å². The van der Waals surface area contributed by atoms with Crippen LogP contribution in [0.2, 0.25) is 0 Å². The van der Waals surface area contributed by atoms with Crippen molar-refractivity contribution < 1.29 is 18.7 Å². The molecule has 0 bridgehead atoms. The lowest BCUT2D eigenvalue weighted by Crippen LogP contribution is -2.36. The summed E-state index contributed by atoms with van der Waals surface area (Å²) in [6.45, 7) is 2.59.